The van der Waals surface area contributed by atoms with E-state index in [9.17, 15) is 14.4 Å². The minimum absolute atomic E-state index is 0.117. The van der Waals surface area contributed by atoms with E-state index < -0.39 is 11.9 Å². The number of amides is 2. The molecule has 1 aliphatic heterocycles. The van der Waals surface area contributed by atoms with E-state index in [1.54, 1.807) is 12.1 Å². The quantitative estimate of drug-likeness (QED) is 0.586. The van der Waals surface area contributed by atoms with Crippen molar-refractivity contribution in [3.05, 3.63) is 82.8 Å². The first-order valence-corrected chi connectivity index (χ1v) is 10.0. The minimum Gasteiger partial charge on any atom is -0.491 e. The highest BCUT2D eigenvalue weighted by atomic mass is 32.2. The summed E-state index contributed by atoms with van der Waals surface area (Å²) < 4.78 is 5.83. The number of hydrogen-bond acceptors (Lipinski definition) is 5. The van der Waals surface area contributed by atoms with E-state index in [4.69, 9.17) is 9.84 Å². The second-order valence-electron chi connectivity index (χ2n) is 6.59. The molecule has 0 atom stereocenters. The molecule has 1 saturated heterocycles. The standard InChI is InChI=1S/C23H17NO5S/c25-21-20(14-15-5-3-8-17(13-15)22(26)27)30-23(28)24(21)11-12-29-19-10-4-7-16-6-1-2-9-18(16)19/h1-10,13-14H,11-12H2,(H,26,27)/b20-14-. The highest BCUT2D eigenvalue weighted by Crippen LogP contribution is 2.32. The Labute approximate surface area is 176 Å². The first-order chi connectivity index (χ1) is 14.5. The van der Waals surface area contributed by atoms with Gasteiger partial charge in [-0.1, -0.05) is 48.5 Å². The number of rotatable bonds is 6. The van der Waals surface area contributed by atoms with Crippen molar-refractivity contribution >= 4 is 45.7 Å². The number of benzene rings is 3. The summed E-state index contributed by atoms with van der Waals surface area (Å²) >= 11 is 0.835. The van der Waals surface area contributed by atoms with Gasteiger partial charge in [-0.3, -0.25) is 14.5 Å². The Bertz CT molecular complexity index is 1180. The van der Waals surface area contributed by atoms with E-state index in [-0.39, 0.29) is 28.9 Å². The molecule has 6 nitrogen and oxygen atoms in total. The Morgan fingerprint density at radius 1 is 1.03 bits per heavy atom. The minimum atomic E-state index is -1.05. The molecule has 1 N–H and O–H groups in total. The molecule has 7 heteroatoms. The fourth-order valence-corrected chi connectivity index (χ4v) is 4.04. The summed E-state index contributed by atoms with van der Waals surface area (Å²) in [6.45, 7) is 0.300. The summed E-state index contributed by atoms with van der Waals surface area (Å²) in [5, 5.41) is 10.7. The van der Waals surface area contributed by atoms with E-state index in [0.717, 1.165) is 27.4 Å². The van der Waals surface area contributed by atoms with Crippen molar-refractivity contribution in [3.63, 3.8) is 0 Å². The summed E-state index contributed by atoms with van der Waals surface area (Å²) in [4.78, 5) is 37.4. The number of thioether (sulfide) groups is 1. The van der Waals surface area contributed by atoms with E-state index in [2.05, 4.69) is 0 Å². The van der Waals surface area contributed by atoms with Crippen LogP contribution in [-0.2, 0) is 4.79 Å². The van der Waals surface area contributed by atoms with Gasteiger partial charge in [0.2, 0.25) is 0 Å². The van der Waals surface area contributed by atoms with Crippen molar-refractivity contribution in [2.45, 2.75) is 0 Å². The number of nitrogens with zero attached hydrogens (tertiary/aromatic N) is 1. The lowest BCUT2D eigenvalue weighted by Gasteiger charge is -2.14. The normalized spacial score (nSPS) is 15.2. The van der Waals surface area contributed by atoms with Gasteiger partial charge in [-0.2, -0.15) is 0 Å². The zero-order chi connectivity index (χ0) is 21.1. The SMILES string of the molecule is O=C(O)c1cccc(/C=C2\SC(=O)N(CCOc3cccc4ccccc34)C2=O)c1. The number of carboxylic acids is 1. The van der Waals surface area contributed by atoms with Crippen molar-refractivity contribution in [1.29, 1.82) is 0 Å². The first-order valence-electron chi connectivity index (χ1n) is 9.22. The Kier molecular flexibility index (Phi) is 5.54. The van der Waals surface area contributed by atoms with Gasteiger partial charge in [-0.05, 0) is 47.0 Å². The number of fused-ring (bicyclic) bond motifs is 1. The second kappa shape index (κ2) is 8.42. The van der Waals surface area contributed by atoms with Crippen LogP contribution in [-0.4, -0.2) is 40.3 Å². The predicted molar refractivity (Wildman–Crippen MR) is 116 cm³/mol. The Morgan fingerprint density at radius 3 is 2.63 bits per heavy atom. The van der Waals surface area contributed by atoms with Gasteiger partial charge in [-0.25, -0.2) is 4.79 Å². The molecule has 0 aromatic heterocycles. The van der Waals surface area contributed by atoms with E-state index in [1.807, 2.05) is 42.5 Å². The average Bonchev–Trinajstić information content (AvgIpc) is 3.01. The fourth-order valence-electron chi connectivity index (χ4n) is 3.17. The van der Waals surface area contributed by atoms with Crippen molar-refractivity contribution in [2.75, 3.05) is 13.2 Å². The fraction of sp³-hybridized carbons (Fsp3) is 0.0870. The van der Waals surface area contributed by atoms with Crippen molar-refractivity contribution < 1.29 is 24.2 Å². The largest absolute Gasteiger partial charge is 0.491 e. The topological polar surface area (TPSA) is 83.9 Å². The first kappa shape index (κ1) is 19.7. The van der Waals surface area contributed by atoms with Crippen LogP contribution < -0.4 is 4.74 Å². The molecule has 1 aliphatic rings. The Balaban J connectivity index is 1.44. The molecule has 4 rings (SSSR count). The van der Waals surface area contributed by atoms with Crippen LogP contribution in [0.5, 0.6) is 5.75 Å². The number of carboxylic acid groups (broad SMARTS) is 1. The molecule has 2 amide bonds. The van der Waals surface area contributed by atoms with Crippen LogP contribution in [0.4, 0.5) is 4.79 Å². The average molecular weight is 419 g/mol. The summed E-state index contributed by atoms with van der Waals surface area (Å²) in [6, 6.07) is 19.8. The summed E-state index contributed by atoms with van der Waals surface area (Å²) in [5.41, 5.74) is 0.666. The van der Waals surface area contributed by atoms with Crippen LogP contribution in [0.2, 0.25) is 0 Å². The third-order valence-electron chi connectivity index (χ3n) is 4.63. The Morgan fingerprint density at radius 2 is 1.80 bits per heavy atom. The van der Waals surface area contributed by atoms with Crippen LogP contribution in [0.25, 0.3) is 16.8 Å². The molecule has 0 saturated carbocycles. The monoisotopic (exact) mass is 419 g/mol. The molecule has 30 heavy (non-hydrogen) atoms. The molecule has 1 heterocycles. The molecule has 0 radical (unpaired) electrons. The maximum atomic E-state index is 12.6. The lowest BCUT2D eigenvalue weighted by molar-refractivity contribution is -0.123. The van der Waals surface area contributed by atoms with Gasteiger partial charge in [0.1, 0.15) is 12.4 Å². The lowest BCUT2D eigenvalue weighted by Crippen LogP contribution is -2.32. The number of hydrogen-bond donors (Lipinski definition) is 1. The molecular formula is C23H17NO5S. The third-order valence-corrected chi connectivity index (χ3v) is 5.53. The summed E-state index contributed by atoms with van der Waals surface area (Å²) in [5.74, 6) is -0.766. The van der Waals surface area contributed by atoms with Gasteiger partial charge in [-0.15, -0.1) is 0 Å². The smallest absolute Gasteiger partial charge is 0.335 e. The highest BCUT2D eigenvalue weighted by molar-refractivity contribution is 8.18. The van der Waals surface area contributed by atoms with Gasteiger partial charge < -0.3 is 9.84 Å². The zero-order valence-corrected chi connectivity index (χ0v) is 16.6. The number of aromatic carboxylic acids is 1. The molecule has 150 valence electrons. The van der Waals surface area contributed by atoms with Crippen molar-refractivity contribution in [1.82, 2.24) is 4.90 Å². The van der Waals surface area contributed by atoms with Gasteiger partial charge in [0.15, 0.2) is 0 Å². The van der Waals surface area contributed by atoms with Gasteiger partial charge in [0.05, 0.1) is 17.0 Å². The molecule has 1 fully saturated rings. The molecule has 0 bridgehead atoms. The maximum absolute atomic E-state index is 12.6. The maximum Gasteiger partial charge on any atom is 0.335 e. The van der Waals surface area contributed by atoms with Crippen LogP contribution in [0.15, 0.2) is 71.6 Å². The highest BCUT2D eigenvalue weighted by Gasteiger charge is 2.34. The molecular weight excluding hydrogens is 402 g/mol. The lowest BCUT2D eigenvalue weighted by atomic mass is 10.1. The van der Waals surface area contributed by atoms with Gasteiger partial charge in [0, 0.05) is 5.39 Å². The molecule has 0 spiro atoms. The van der Waals surface area contributed by atoms with Crippen LogP contribution in [0.1, 0.15) is 15.9 Å². The van der Waals surface area contributed by atoms with Gasteiger partial charge in [0.25, 0.3) is 11.1 Å². The third kappa shape index (κ3) is 4.06. The summed E-state index contributed by atoms with van der Waals surface area (Å²) in [7, 11) is 0. The van der Waals surface area contributed by atoms with E-state index in [0.29, 0.717) is 11.3 Å². The second-order valence-corrected chi connectivity index (χ2v) is 7.58. The number of carbonyl (C=O) groups excluding carboxylic acids is 2. The van der Waals surface area contributed by atoms with Gasteiger partial charge >= 0.3 is 5.97 Å². The molecule has 3 aromatic carbocycles. The number of ether oxygens (including phenoxy) is 1. The Hall–Kier alpha value is -3.58. The predicted octanol–water partition coefficient (Wildman–Crippen LogP) is 4.65. The van der Waals surface area contributed by atoms with Crippen LogP contribution in [0, 0.1) is 0 Å². The zero-order valence-electron chi connectivity index (χ0n) is 15.8. The van der Waals surface area contributed by atoms with Crippen LogP contribution in [0.3, 0.4) is 0 Å². The molecule has 0 unspecified atom stereocenters. The number of carbonyl (C=O) groups is 3. The summed E-state index contributed by atoms with van der Waals surface area (Å²) in [6.07, 6.45) is 1.53. The van der Waals surface area contributed by atoms with Crippen molar-refractivity contribution in [3.8, 4) is 5.75 Å². The van der Waals surface area contributed by atoms with E-state index >= 15 is 0 Å². The van der Waals surface area contributed by atoms with E-state index in [1.165, 1.54) is 18.2 Å². The number of imide groups is 1. The van der Waals surface area contributed by atoms with Crippen LogP contribution >= 0.6 is 11.8 Å². The van der Waals surface area contributed by atoms with Crippen molar-refractivity contribution in [2.24, 2.45) is 0 Å². The molecule has 3 aromatic rings. The molecule has 0 aliphatic carbocycles.